The number of aromatic nitrogens is 2. The van der Waals surface area contributed by atoms with Crippen molar-refractivity contribution in [2.24, 2.45) is 0 Å². The first-order valence-corrected chi connectivity index (χ1v) is 14.5. The standard InChI is InChI=1S/C37H21N3S/c38-22-23-9-7-13-28-27-12-3-6-16-32(27)40(37(23)28)33-17-8-18-35-36(33)29-21-24(19-20-34(29)41-35)39-30-14-4-1-10-25(30)26-11-2-5-15-31(26)39/h1-21H. The molecule has 0 saturated heterocycles. The largest absolute Gasteiger partial charge is 0.309 e. The van der Waals surface area contributed by atoms with E-state index in [-0.39, 0.29) is 0 Å². The van der Waals surface area contributed by atoms with E-state index in [9.17, 15) is 5.26 Å². The monoisotopic (exact) mass is 539 g/mol. The third-order valence-electron chi connectivity index (χ3n) is 8.35. The molecule has 0 radical (unpaired) electrons. The maximum Gasteiger partial charge on any atom is 0.101 e. The molecular weight excluding hydrogens is 518 g/mol. The van der Waals surface area contributed by atoms with Crippen molar-refractivity contribution in [1.82, 2.24) is 9.13 Å². The molecule has 0 spiro atoms. The van der Waals surface area contributed by atoms with Gasteiger partial charge in [0.1, 0.15) is 6.07 Å². The quantitative estimate of drug-likeness (QED) is 0.215. The minimum absolute atomic E-state index is 0.682. The minimum Gasteiger partial charge on any atom is -0.309 e. The number of hydrogen-bond acceptors (Lipinski definition) is 2. The Kier molecular flexibility index (Phi) is 4.55. The number of nitrogens with zero attached hydrogens (tertiary/aromatic N) is 3. The Morgan fingerprint density at radius 3 is 1.83 bits per heavy atom. The van der Waals surface area contributed by atoms with E-state index in [0.29, 0.717) is 5.56 Å². The fourth-order valence-corrected chi connectivity index (χ4v) is 7.79. The molecule has 0 aliphatic heterocycles. The second kappa shape index (κ2) is 8.32. The van der Waals surface area contributed by atoms with Crippen molar-refractivity contribution in [1.29, 1.82) is 5.26 Å². The van der Waals surface area contributed by atoms with Gasteiger partial charge in [0.25, 0.3) is 0 Å². The number of hydrogen-bond donors (Lipinski definition) is 0. The first-order valence-electron chi connectivity index (χ1n) is 13.7. The van der Waals surface area contributed by atoms with Crippen LogP contribution in [0.2, 0.25) is 0 Å². The zero-order valence-electron chi connectivity index (χ0n) is 21.9. The number of fused-ring (bicyclic) bond motifs is 9. The van der Waals surface area contributed by atoms with E-state index in [1.807, 2.05) is 23.5 Å². The Morgan fingerprint density at radius 2 is 1.12 bits per heavy atom. The summed E-state index contributed by atoms with van der Waals surface area (Å²) in [6, 6.07) is 47.6. The SMILES string of the molecule is N#Cc1cccc2c3ccccc3n(-c3cccc4sc5ccc(-n6c7ccccc7c7ccccc76)cc5c34)c12. The van der Waals surface area contributed by atoms with Crippen LogP contribution in [0, 0.1) is 11.3 Å². The Labute approximate surface area is 239 Å². The highest BCUT2D eigenvalue weighted by Gasteiger charge is 2.19. The average molecular weight is 540 g/mol. The van der Waals surface area contributed by atoms with Crippen molar-refractivity contribution in [2.75, 3.05) is 0 Å². The number of para-hydroxylation sites is 4. The molecule has 0 fully saturated rings. The minimum atomic E-state index is 0.682. The van der Waals surface area contributed by atoms with E-state index in [0.717, 1.165) is 33.2 Å². The summed E-state index contributed by atoms with van der Waals surface area (Å²) in [6.45, 7) is 0. The van der Waals surface area contributed by atoms with Crippen LogP contribution < -0.4 is 0 Å². The number of thiophene rings is 1. The summed E-state index contributed by atoms with van der Waals surface area (Å²) in [5.41, 5.74) is 7.40. The summed E-state index contributed by atoms with van der Waals surface area (Å²) in [7, 11) is 0. The molecule has 0 bridgehead atoms. The summed E-state index contributed by atoms with van der Waals surface area (Å²) < 4.78 is 7.16. The van der Waals surface area contributed by atoms with Gasteiger partial charge < -0.3 is 9.13 Å². The predicted octanol–water partition coefficient (Wildman–Crippen LogP) is 10.1. The molecule has 0 saturated carbocycles. The maximum absolute atomic E-state index is 10.1. The van der Waals surface area contributed by atoms with Crippen LogP contribution in [0.25, 0.3) is 75.2 Å². The molecule has 41 heavy (non-hydrogen) atoms. The van der Waals surface area contributed by atoms with E-state index >= 15 is 0 Å². The van der Waals surface area contributed by atoms with Crippen LogP contribution in [0.1, 0.15) is 5.56 Å². The van der Waals surface area contributed by atoms with Crippen molar-refractivity contribution >= 4 is 75.1 Å². The lowest BCUT2D eigenvalue weighted by atomic mass is 10.1. The predicted molar refractivity (Wildman–Crippen MR) is 173 cm³/mol. The third kappa shape index (κ3) is 3.01. The van der Waals surface area contributed by atoms with Gasteiger partial charge in [-0.2, -0.15) is 5.26 Å². The lowest BCUT2D eigenvalue weighted by molar-refractivity contribution is 1.18. The average Bonchev–Trinajstić information content (AvgIpc) is 3.68. The molecule has 3 heterocycles. The van der Waals surface area contributed by atoms with Crippen molar-refractivity contribution < 1.29 is 0 Å². The van der Waals surface area contributed by atoms with Crippen LogP contribution >= 0.6 is 11.3 Å². The molecule has 0 unspecified atom stereocenters. The molecule has 9 rings (SSSR count). The summed E-state index contributed by atoms with van der Waals surface area (Å²) in [6.07, 6.45) is 0. The lowest BCUT2D eigenvalue weighted by Gasteiger charge is -2.12. The molecule has 4 heteroatoms. The summed E-state index contributed by atoms with van der Waals surface area (Å²) in [5, 5.41) is 17.3. The molecular formula is C37H21N3S. The van der Waals surface area contributed by atoms with E-state index in [1.54, 1.807) is 0 Å². The van der Waals surface area contributed by atoms with Gasteiger partial charge in [-0.25, -0.2) is 0 Å². The Bertz CT molecular complexity index is 2500. The fourth-order valence-electron chi connectivity index (χ4n) is 6.68. The number of rotatable bonds is 2. The van der Waals surface area contributed by atoms with Gasteiger partial charge in [0.05, 0.1) is 33.3 Å². The lowest BCUT2D eigenvalue weighted by Crippen LogP contribution is -1.97. The highest BCUT2D eigenvalue weighted by Crippen LogP contribution is 2.43. The molecule has 190 valence electrons. The van der Waals surface area contributed by atoms with Crippen LogP contribution in [-0.2, 0) is 0 Å². The van der Waals surface area contributed by atoms with E-state index < -0.39 is 0 Å². The highest BCUT2D eigenvalue weighted by atomic mass is 32.1. The maximum atomic E-state index is 10.1. The first-order chi connectivity index (χ1) is 20.3. The van der Waals surface area contributed by atoms with Crippen LogP contribution in [0.4, 0.5) is 0 Å². The molecule has 3 aromatic heterocycles. The molecule has 6 aromatic carbocycles. The number of nitriles is 1. The summed E-state index contributed by atoms with van der Waals surface area (Å²) in [5.74, 6) is 0. The van der Waals surface area contributed by atoms with Gasteiger partial charge in [0.2, 0.25) is 0 Å². The molecule has 9 aromatic rings. The van der Waals surface area contributed by atoms with Crippen LogP contribution in [-0.4, -0.2) is 9.13 Å². The van der Waals surface area contributed by atoms with Crippen LogP contribution in [0.3, 0.4) is 0 Å². The van der Waals surface area contributed by atoms with Gasteiger partial charge in [-0.1, -0.05) is 72.8 Å². The Balaban J connectivity index is 1.41. The normalized spacial score (nSPS) is 11.9. The Morgan fingerprint density at radius 1 is 0.512 bits per heavy atom. The molecule has 3 nitrogen and oxygen atoms in total. The van der Waals surface area contributed by atoms with Gasteiger partial charge in [0.15, 0.2) is 0 Å². The topological polar surface area (TPSA) is 33.6 Å². The van der Waals surface area contributed by atoms with Crippen molar-refractivity contribution in [3.63, 3.8) is 0 Å². The van der Waals surface area contributed by atoms with Gasteiger partial charge in [-0.15, -0.1) is 11.3 Å². The molecule has 0 N–H and O–H groups in total. The third-order valence-corrected chi connectivity index (χ3v) is 9.49. The van der Waals surface area contributed by atoms with Gasteiger partial charge in [-0.05, 0) is 54.6 Å². The van der Waals surface area contributed by atoms with Gasteiger partial charge >= 0.3 is 0 Å². The molecule has 0 aliphatic carbocycles. The zero-order valence-corrected chi connectivity index (χ0v) is 22.7. The Hall–Kier alpha value is -5.37. The van der Waals surface area contributed by atoms with Crippen molar-refractivity contribution in [2.45, 2.75) is 0 Å². The van der Waals surface area contributed by atoms with Gasteiger partial charge in [-0.3, -0.25) is 0 Å². The molecule has 0 amide bonds. The second-order valence-corrected chi connectivity index (χ2v) is 11.6. The van der Waals surface area contributed by atoms with Crippen LogP contribution in [0.5, 0.6) is 0 Å². The first kappa shape index (κ1) is 22.4. The molecule has 0 atom stereocenters. The highest BCUT2D eigenvalue weighted by molar-refractivity contribution is 7.25. The second-order valence-electron chi connectivity index (χ2n) is 10.5. The van der Waals surface area contributed by atoms with Gasteiger partial charge in [0, 0.05) is 47.4 Å². The summed E-state index contributed by atoms with van der Waals surface area (Å²) >= 11 is 1.82. The van der Waals surface area contributed by atoms with E-state index in [2.05, 4.69) is 130 Å². The zero-order chi connectivity index (χ0) is 27.1. The van der Waals surface area contributed by atoms with E-state index in [4.69, 9.17) is 0 Å². The van der Waals surface area contributed by atoms with Crippen molar-refractivity contribution in [3.05, 3.63) is 133 Å². The fraction of sp³-hybridized carbons (Fsp3) is 0. The smallest absolute Gasteiger partial charge is 0.101 e. The van der Waals surface area contributed by atoms with Crippen LogP contribution in [0.15, 0.2) is 127 Å². The van der Waals surface area contributed by atoms with Crippen molar-refractivity contribution in [3.8, 4) is 17.4 Å². The summed E-state index contributed by atoms with van der Waals surface area (Å²) in [4.78, 5) is 0. The van der Waals surface area contributed by atoms with E-state index in [1.165, 1.54) is 42.0 Å². The number of benzene rings is 6. The molecule has 0 aliphatic rings.